The van der Waals surface area contributed by atoms with E-state index >= 15 is 0 Å². The van der Waals surface area contributed by atoms with E-state index in [1.54, 1.807) is 0 Å². The van der Waals surface area contributed by atoms with Gasteiger partial charge in [-0.2, -0.15) is 18.4 Å². The molecule has 0 radical (unpaired) electrons. The molecule has 0 aromatic carbocycles. The highest BCUT2D eigenvalue weighted by atomic mass is 19.4. The maximum atomic E-state index is 12.7. The second kappa shape index (κ2) is 6.63. The highest BCUT2D eigenvalue weighted by molar-refractivity contribution is 5.40. The number of hydrogen-bond donors (Lipinski definition) is 4. The zero-order valence-corrected chi connectivity index (χ0v) is 11.5. The van der Waals surface area contributed by atoms with Gasteiger partial charge in [-0.25, -0.2) is 9.97 Å². The Hall–Kier alpha value is -2.00. The third-order valence-electron chi connectivity index (χ3n) is 3.26. The van der Waals surface area contributed by atoms with Gasteiger partial charge in [0.05, 0.1) is 19.3 Å². The number of nitrogens with zero attached hydrogens (tertiary/aromatic N) is 3. The molecule has 0 unspecified atom stereocenters. The fourth-order valence-electron chi connectivity index (χ4n) is 2.08. The molecule has 8 nitrogen and oxygen atoms in total. The van der Waals surface area contributed by atoms with Gasteiger partial charge >= 0.3 is 6.18 Å². The lowest BCUT2D eigenvalue weighted by atomic mass is 9.98. The van der Waals surface area contributed by atoms with E-state index in [0.717, 1.165) is 0 Å². The molecule has 1 aromatic rings. The zero-order chi connectivity index (χ0) is 17.2. The van der Waals surface area contributed by atoms with Crippen LogP contribution in [-0.2, 0) is 10.9 Å². The Morgan fingerprint density at radius 2 is 2.04 bits per heavy atom. The quantitative estimate of drug-likeness (QED) is 0.568. The summed E-state index contributed by atoms with van der Waals surface area (Å²) in [7, 11) is 0. The van der Waals surface area contributed by atoms with Crippen LogP contribution in [0.3, 0.4) is 0 Å². The molecule has 4 atom stereocenters. The topological polar surface area (TPSA) is 132 Å². The highest BCUT2D eigenvalue weighted by Gasteiger charge is 2.39. The van der Waals surface area contributed by atoms with Gasteiger partial charge in [0.2, 0.25) is 5.82 Å². The van der Waals surface area contributed by atoms with Crippen molar-refractivity contribution in [3.8, 4) is 6.07 Å². The number of alkyl halides is 3. The van der Waals surface area contributed by atoms with Gasteiger partial charge in [-0.15, -0.1) is 0 Å². The Morgan fingerprint density at radius 1 is 1.35 bits per heavy atom. The molecule has 1 aliphatic heterocycles. The standard InChI is InChI=1S/C12H13F3N4O4/c13-12(14,15)7-1-8(19-9(2-16)18-7)17-5-4-23-6(3-20)11(22)10(5)21/h1,5-6,10-11,20-22H,3-4H2,(H,17,18,19)/t5-,6+,10+,11-/m0/s1. The van der Waals surface area contributed by atoms with Crippen molar-refractivity contribution in [2.75, 3.05) is 18.5 Å². The third-order valence-corrected chi connectivity index (χ3v) is 3.26. The zero-order valence-electron chi connectivity index (χ0n) is 11.5. The van der Waals surface area contributed by atoms with Crippen molar-refractivity contribution >= 4 is 5.82 Å². The predicted molar refractivity (Wildman–Crippen MR) is 68.0 cm³/mol. The molecule has 4 N–H and O–H groups in total. The van der Waals surface area contributed by atoms with Crippen molar-refractivity contribution in [2.45, 2.75) is 30.5 Å². The summed E-state index contributed by atoms with van der Waals surface area (Å²) >= 11 is 0. The first kappa shape index (κ1) is 17.4. The predicted octanol–water partition coefficient (Wildman–Crippen LogP) is -0.740. The van der Waals surface area contributed by atoms with E-state index in [2.05, 4.69) is 15.3 Å². The summed E-state index contributed by atoms with van der Waals surface area (Å²) < 4.78 is 43.3. The Labute approximate surface area is 128 Å². The first-order chi connectivity index (χ1) is 10.8. The largest absolute Gasteiger partial charge is 0.433 e. The minimum atomic E-state index is -4.77. The number of aromatic nitrogens is 2. The van der Waals surface area contributed by atoms with Crippen LogP contribution in [0.4, 0.5) is 19.0 Å². The van der Waals surface area contributed by atoms with E-state index in [4.69, 9.17) is 15.1 Å². The van der Waals surface area contributed by atoms with Gasteiger partial charge in [-0.1, -0.05) is 0 Å². The van der Waals surface area contributed by atoms with Gasteiger partial charge in [-0.05, 0) is 0 Å². The lowest BCUT2D eigenvalue weighted by molar-refractivity contribution is -0.152. The molecular formula is C12H13F3N4O4. The van der Waals surface area contributed by atoms with Crippen LogP contribution in [0.1, 0.15) is 11.5 Å². The molecule has 1 aromatic heterocycles. The summed E-state index contributed by atoms with van der Waals surface area (Å²) in [5.41, 5.74) is -1.31. The van der Waals surface area contributed by atoms with Crippen LogP contribution in [0.25, 0.3) is 0 Å². The summed E-state index contributed by atoms with van der Waals surface area (Å²) in [5, 5.41) is 39.8. The van der Waals surface area contributed by atoms with Gasteiger partial charge < -0.3 is 25.4 Å². The lowest BCUT2D eigenvalue weighted by Gasteiger charge is -2.37. The Morgan fingerprint density at radius 3 is 2.61 bits per heavy atom. The maximum absolute atomic E-state index is 12.7. The summed E-state index contributed by atoms with van der Waals surface area (Å²) in [6.45, 7) is -0.702. The molecule has 0 bridgehead atoms. The molecule has 23 heavy (non-hydrogen) atoms. The van der Waals surface area contributed by atoms with Crippen molar-refractivity contribution in [1.82, 2.24) is 9.97 Å². The second-order valence-corrected chi connectivity index (χ2v) is 4.86. The van der Waals surface area contributed by atoms with E-state index in [-0.39, 0.29) is 12.4 Å². The van der Waals surface area contributed by atoms with Crippen molar-refractivity contribution in [2.24, 2.45) is 0 Å². The third kappa shape index (κ3) is 3.85. The minimum Gasteiger partial charge on any atom is -0.394 e. The minimum absolute atomic E-state index is 0.184. The van der Waals surface area contributed by atoms with Gasteiger partial charge in [0, 0.05) is 6.07 Å². The van der Waals surface area contributed by atoms with Crippen LogP contribution in [0, 0.1) is 11.3 Å². The number of nitriles is 1. The van der Waals surface area contributed by atoms with Gasteiger partial charge in [0.1, 0.15) is 30.2 Å². The van der Waals surface area contributed by atoms with Gasteiger partial charge in [0.15, 0.2) is 5.69 Å². The lowest BCUT2D eigenvalue weighted by Crippen LogP contribution is -2.56. The number of anilines is 1. The van der Waals surface area contributed by atoms with Crippen molar-refractivity contribution in [3.05, 3.63) is 17.6 Å². The van der Waals surface area contributed by atoms with E-state index in [1.165, 1.54) is 6.07 Å². The Kier molecular flexibility index (Phi) is 5.00. The molecule has 1 aliphatic rings. The van der Waals surface area contributed by atoms with Crippen LogP contribution in [0.2, 0.25) is 0 Å². The highest BCUT2D eigenvalue weighted by Crippen LogP contribution is 2.29. The summed E-state index contributed by atoms with van der Waals surface area (Å²) in [6.07, 6.45) is -8.59. The average Bonchev–Trinajstić information content (AvgIpc) is 2.51. The number of rotatable bonds is 3. The van der Waals surface area contributed by atoms with E-state index in [0.29, 0.717) is 6.07 Å². The van der Waals surface area contributed by atoms with Gasteiger partial charge in [-0.3, -0.25) is 0 Å². The maximum Gasteiger partial charge on any atom is 0.433 e. The molecule has 2 heterocycles. The summed E-state index contributed by atoms with van der Waals surface area (Å²) in [4.78, 5) is 6.64. The van der Waals surface area contributed by atoms with Crippen LogP contribution < -0.4 is 5.32 Å². The molecule has 0 spiro atoms. The first-order valence-electron chi connectivity index (χ1n) is 6.47. The summed E-state index contributed by atoms with van der Waals surface area (Å²) in [6, 6.07) is 1.02. The number of nitrogens with one attached hydrogen (secondary N) is 1. The number of aliphatic hydroxyl groups excluding tert-OH is 3. The van der Waals surface area contributed by atoms with Crippen molar-refractivity contribution < 1.29 is 33.2 Å². The van der Waals surface area contributed by atoms with Crippen LogP contribution >= 0.6 is 0 Å². The molecule has 2 rings (SSSR count). The van der Waals surface area contributed by atoms with Crippen molar-refractivity contribution in [1.29, 1.82) is 5.26 Å². The SMILES string of the molecule is N#Cc1nc(N[C@H]2CO[C@H](CO)[C@H](O)[C@@H]2O)cc(C(F)(F)F)n1. The van der Waals surface area contributed by atoms with E-state index < -0.39 is 48.7 Å². The summed E-state index contributed by atoms with van der Waals surface area (Å²) in [5.74, 6) is -1.03. The van der Waals surface area contributed by atoms with Crippen molar-refractivity contribution in [3.63, 3.8) is 0 Å². The second-order valence-electron chi connectivity index (χ2n) is 4.86. The monoisotopic (exact) mass is 334 g/mol. The fourth-order valence-corrected chi connectivity index (χ4v) is 2.08. The number of halogens is 3. The molecule has 11 heteroatoms. The Balaban J connectivity index is 2.22. The van der Waals surface area contributed by atoms with Crippen LogP contribution in [0.5, 0.6) is 0 Å². The van der Waals surface area contributed by atoms with E-state index in [9.17, 15) is 23.4 Å². The fraction of sp³-hybridized carbons (Fsp3) is 0.583. The Bertz CT molecular complexity index is 607. The molecule has 0 aliphatic carbocycles. The van der Waals surface area contributed by atoms with E-state index in [1.807, 2.05) is 0 Å². The molecule has 1 fully saturated rings. The molecule has 126 valence electrons. The van der Waals surface area contributed by atoms with Crippen LogP contribution in [-0.4, -0.2) is 62.9 Å². The number of hydrogen-bond acceptors (Lipinski definition) is 8. The van der Waals surface area contributed by atoms with Gasteiger partial charge in [0.25, 0.3) is 0 Å². The first-order valence-corrected chi connectivity index (χ1v) is 6.47. The number of ether oxygens (including phenoxy) is 1. The van der Waals surface area contributed by atoms with Crippen LogP contribution in [0.15, 0.2) is 6.07 Å². The normalized spacial score (nSPS) is 28.2. The molecular weight excluding hydrogens is 321 g/mol. The average molecular weight is 334 g/mol. The molecule has 0 amide bonds. The molecule has 0 saturated carbocycles. The molecule has 1 saturated heterocycles. The smallest absolute Gasteiger partial charge is 0.394 e. The number of aliphatic hydroxyl groups is 3.